The summed E-state index contributed by atoms with van der Waals surface area (Å²) in [4.78, 5) is 21.3. The van der Waals surface area contributed by atoms with E-state index in [9.17, 15) is 13.6 Å². The van der Waals surface area contributed by atoms with Gasteiger partial charge >= 0.3 is 0 Å². The molecular weight excluding hydrogens is 428 g/mol. The monoisotopic (exact) mass is 459 g/mol. The highest BCUT2D eigenvalue weighted by Crippen LogP contribution is 2.41. The average molecular weight is 460 g/mol. The molecule has 0 unspecified atom stereocenters. The number of hydrogen-bond donors (Lipinski definition) is 0. The Morgan fingerprint density at radius 2 is 1.79 bits per heavy atom. The highest BCUT2D eigenvalue weighted by molar-refractivity contribution is 5.79. The molecule has 0 N–H and O–H groups in total. The third-order valence-corrected chi connectivity index (χ3v) is 6.63. The fourth-order valence-corrected chi connectivity index (χ4v) is 4.81. The van der Waals surface area contributed by atoms with Crippen molar-refractivity contribution in [3.63, 3.8) is 0 Å². The Kier molecular flexibility index (Phi) is 7.12. The van der Waals surface area contributed by atoms with E-state index in [1.165, 1.54) is 12.1 Å². The first-order chi connectivity index (χ1) is 15.9. The smallest absolute Gasteiger partial charge is 0.270 e. The van der Waals surface area contributed by atoms with Crippen molar-refractivity contribution in [2.24, 2.45) is 5.92 Å². The minimum absolute atomic E-state index is 0.0122. The predicted octanol–water partition coefficient (Wildman–Crippen LogP) is 4.76. The number of ether oxygens (including phenoxy) is 2. The molecule has 1 saturated carbocycles. The molecule has 2 aromatic rings. The zero-order chi connectivity index (χ0) is 23.4. The third kappa shape index (κ3) is 5.27. The maximum atomic E-state index is 13.8. The molecule has 1 aromatic heterocycles. The molecule has 8 heteroatoms. The van der Waals surface area contributed by atoms with Crippen molar-refractivity contribution in [3.05, 3.63) is 48.3 Å². The zero-order valence-electron chi connectivity index (χ0n) is 19.2. The minimum atomic E-state index is -2.90. The standard InChI is InChI=1S/C25H31F2N3O3/c1-25(26,27)19-5-9-21(10-6-19)30(22-17-28-12-11-23(22)32-2)20-7-3-18(4-8-20)24(31)29-13-15-33-16-14-29/h5-6,9-12,17-18,20H,3-4,7-8,13-16H2,1-2H3. The lowest BCUT2D eigenvalue weighted by Gasteiger charge is -2.39. The molecule has 4 rings (SSSR count). The Balaban J connectivity index is 1.56. The van der Waals surface area contributed by atoms with E-state index >= 15 is 0 Å². The van der Waals surface area contributed by atoms with Crippen molar-refractivity contribution in [1.29, 1.82) is 0 Å². The van der Waals surface area contributed by atoms with E-state index in [1.807, 2.05) is 4.90 Å². The van der Waals surface area contributed by atoms with Crippen LogP contribution in [0.4, 0.5) is 20.2 Å². The van der Waals surface area contributed by atoms with E-state index in [1.54, 1.807) is 37.7 Å². The second-order valence-corrected chi connectivity index (χ2v) is 8.80. The summed E-state index contributed by atoms with van der Waals surface area (Å²) in [5, 5.41) is 0. The number of carbonyl (C=O) groups is 1. The maximum absolute atomic E-state index is 13.8. The number of halogens is 2. The van der Waals surface area contributed by atoms with E-state index in [0.29, 0.717) is 32.1 Å². The zero-order valence-corrected chi connectivity index (χ0v) is 19.2. The van der Waals surface area contributed by atoms with Crippen LogP contribution in [0, 0.1) is 5.92 Å². The van der Waals surface area contributed by atoms with Crippen molar-refractivity contribution in [3.8, 4) is 5.75 Å². The lowest BCUT2D eigenvalue weighted by atomic mass is 9.84. The molecule has 1 saturated heterocycles. The number of alkyl halides is 2. The SMILES string of the molecule is COc1ccncc1N(c1ccc(C(C)(F)F)cc1)C1CCC(C(=O)N2CCOCC2)CC1. The number of hydrogen-bond acceptors (Lipinski definition) is 5. The summed E-state index contributed by atoms with van der Waals surface area (Å²) < 4.78 is 38.5. The minimum Gasteiger partial charge on any atom is -0.494 e. The largest absolute Gasteiger partial charge is 0.494 e. The Labute approximate surface area is 193 Å². The van der Waals surface area contributed by atoms with Gasteiger partial charge in [-0.15, -0.1) is 0 Å². The molecular formula is C25H31F2N3O3. The molecule has 33 heavy (non-hydrogen) atoms. The van der Waals surface area contributed by atoms with Gasteiger partial charge in [0.25, 0.3) is 5.92 Å². The lowest BCUT2D eigenvalue weighted by molar-refractivity contribution is -0.140. The molecule has 0 radical (unpaired) electrons. The number of rotatable bonds is 6. The number of methoxy groups -OCH3 is 1. The van der Waals surface area contributed by atoms with Crippen LogP contribution in [0.5, 0.6) is 5.75 Å². The van der Waals surface area contributed by atoms with Gasteiger partial charge in [-0.3, -0.25) is 9.78 Å². The van der Waals surface area contributed by atoms with Crippen molar-refractivity contribution >= 4 is 17.3 Å². The fourth-order valence-electron chi connectivity index (χ4n) is 4.81. The molecule has 0 bridgehead atoms. The Hall–Kier alpha value is -2.74. The number of anilines is 2. The summed E-state index contributed by atoms with van der Waals surface area (Å²) >= 11 is 0. The fraction of sp³-hybridized carbons (Fsp3) is 0.520. The summed E-state index contributed by atoms with van der Waals surface area (Å²) in [5.74, 6) is -2.00. The van der Waals surface area contributed by atoms with Crippen LogP contribution >= 0.6 is 0 Å². The number of aromatic nitrogens is 1. The summed E-state index contributed by atoms with van der Waals surface area (Å²) in [7, 11) is 1.61. The van der Waals surface area contributed by atoms with Gasteiger partial charge in [-0.1, -0.05) is 12.1 Å². The molecule has 1 aliphatic carbocycles. The molecule has 2 heterocycles. The Morgan fingerprint density at radius 3 is 2.39 bits per heavy atom. The number of carbonyl (C=O) groups excluding carboxylic acids is 1. The van der Waals surface area contributed by atoms with Gasteiger partial charge in [0.15, 0.2) is 0 Å². The second kappa shape index (κ2) is 10.0. The first kappa shape index (κ1) is 23.4. The molecule has 178 valence electrons. The van der Waals surface area contributed by atoms with E-state index in [2.05, 4.69) is 9.88 Å². The Morgan fingerprint density at radius 1 is 1.12 bits per heavy atom. The average Bonchev–Trinajstić information content (AvgIpc) is 2.85. The van der Waals surface area contributed by atoms with Crippen LogP contribution in [-0.4, -0.2) is 55.2 Å². The first-order valence-electron chi connectivity index (χ1n) is 11.5. The number of nitrogens with zero attached hydrogens (tertiary/aromatic N) is 3. The molecule has 2 aliphatic rings. The quantitative estimate of drug-likeness (QED) is 0.624. The molecule has 0 atom stereocenters. The van der Waals surface area contributed by atoms with Crippen molar-refractivity contribution in [2.75, 3.05) is 38.3 Å². The number of benzene rings is 1. The summed E-state index contributed by atoms with van der Waals surface area (Å²) in [6.07, 6.45) is 6.59. The van der Waals surface area contributed by atoms with Crippen LogP contribution in [0.25, 0.3) is 0 Å². The highest BCUT2D eigenvalue weighted by Gasteiger charge is 2.34. The van der Waals surface area contributed by atoms with Crippen LogP contribution in [0.1, 0.15) is 38.2 Å². The number of amides is 1. The normalized spacial score (nSPS) is 21.5. The van der Waals surface area contributed by atoms with E-state index in [0.717, 1.165) is 44.0 Å². The summed E-state index contributed by atoms with van der Waals surface area (Å²) in [6.45, 7) is 3.42. The van der Waals surface area contributed by atoms with Crippen LogP contribution < -0.4 is 9.64 Å². The molecule has 1 aromatic carbocycles. The van der Waals surface area contributed by atoms with Gasteiger partial charge in [0.2, 0.25) is 5.91 Å². The third-order valence-electron chi connectivity index (χ3n) is 6.63. The number of pyridine rings is 1. The van der Waals surface area contributed by atoms with Crippen LogP contribution in [-0.2, 0) is 15.5 Å². The predicted molar refractivity (Wildman–Crippen MR) is 122 cm³/mol. The van der Waals surface area contributed by atoms with Gasteiger partial charge in [0, 0.05) is 55.5 Å². The van der Waals surface area contributed by atoms with Gasteiger partial charge in [-0.05, 0) is 37.8 Å². The van der Waals surface area contributed by atoms with Crippen molar-refractivity contribution < 1.29 is 23.0 Å². The number of morpholine rings is 1. The molecule has 6 nitrogen and oxygen atoms in total. The second-order valence-electron chi connectivity index (χ2n) is 8.80. The summed E-state index contributed by atoms with van der Waals surface area (Å²) in [5.41, 5.74) is 1.57. The summed E-state index contributed by atoms with van der Waals surface area (Å²) in [6, 6.07) is 8.29. The topological polar surface area (TPSA) is 54.9 Å². The van der Waals surface area contributed by atoms with Gasteiger partial charge < -0.3 is 19.3 Å². The van der Waals surface area contributed by atoms with E-state index in [4.69, 9.17) is 9.47 Å². The van der Waals surface area contributed by atoms with Gasteiger partial charge in [-0.2, -0.15) is 0 Å². The lowest BCUT2D eigenvalue weighted by Crippen LogP contribution is -2.45. The molecule has 0 spiro atoms. The van der Waals surface area contributed by atoms with Crippen LogP contribution in [0.15, 0.2) is 42.7 Å². The molecule has 1 amide bonds. The maximum Gasteiger partial charge on any atom is 0.270 e. The molecule has 2 fully saturated rings. The van der Waals surface area contributed by atoms with Gasteiger partial charge in [-0.25, -0.2) is 8.78 Å². The van der Waals surface area contributed by atoms with Gasteiger partial charge in [0.05, 0.1) is 26.5 Å². The van der Waals surface area contributed by atoms with E-state index in [-0.39, 0.29) is 23.4 Å². The van der Waals surface area contributed by atoms with Crippen molar-refractivity contribution in [1.82, 2.24) is 9.88 Å². The highest BCUT2D eigenvalue weighted by atomic mass is 19.3. The van der Waals surface area contributed by atoms with Gasteiger partial charge in [0.1, 0.15) is 11.4 Å². The Bertz CT molecular complexity index is 935. The molecule has 1 aliphatic heterocycles. The van der Waals surface area contributed by atoms with E-state index < -0.39 is 5.92 Å². The first-order valence-corrected chi connectivity index (χ1v) is 11.5. The van der Waals surface area contributed by atoms with Crippen molar-refractivity contribution in [2.45, 2.75) is 44.6 Å². The van der Waals surface area contributed by atoms with Crippen LogP contribution in [0.2, 0.25) is 0 Å². The van der Waals surface area contributed by atoms with Crippen LogP contribution in [0.3, 0.4) is 0 Å².